The Bertz CT molecular complexity index is 1110. The summed E-state index contributed by atoms with van der Waals surface area (Å²) in [4.78, 5) is 6.27. The van der Waals surface area contributed by atoms with Crippen molar-refractivity contribution in [1.29, 1.82) is 0 Å². The second kappa shape index (κ2) is 9.37. The molecule has 4 rings (SSSR count). The molecule has 0 bridgehead atoms. The molecular weight excluding hydrogens is 392 g/mol. The molecule has 2 aromatic carbocycles. The van der Waals surface area contributed by atoms with E-state index >= 15 is 0 Å². The maximum atomic E-state index is 4.70. The molecule has 7 heteroatoms. The van der Waals surface area contributed by atoms with Crippen molar-refractivity contribution in [3.63, 3.8) is 0 Å². The van der Waals surface area contributed by atoms with E-state index in [1.54, 1.807) is 28.8 Å². The fourth-order valence-electron chi connectivity index (χ4n) is 2.84. The normalized spacial score (nSPS) is 11.1. The van der Waals surface area contributed by atoms with Crippen LogP contribution in [0.5, 0.6) is 0 Å². The Labute approximate surface area is 180 Å². The van der Waals surface area contributed by atoms with E-state index < -0.39 is 0 Å². The van der Waals surface area contributed by atoms with E-state index in [1.807, 2.05) is 62.8 Å². The summed E-state index contributed by atoms with van der Waals surface area (Å²) in [6.45, 7) is 0. The molecule has 0 unspecified atom stereocenters. The van der Waals surface area contributed by atoms with E-state index in [4.69, 9.17) is 5.10 Å². The molecule has 0 aliphatic carbocycles. The summed E-state index contributed by atoms with van der Waals surface area (Å²) in [5.74, 6) is 1.46. The van der Waals surface area contributed by atoms with Crippen LogP contribution in [0, 0.1) is 0 Å². The molecule has 0 amide bonds. The van der Waals surface area contributed by atoms with Crippen LogP contribution in [-0.2, 0) is 5.75 Å². The SMILES string of the molecule is CN(C)c1ccc(/C=N/n2c(SCc3ccccc3)nnc2-c2cccnc2)cc1. The van der Waals surface area contributed by atoms with E-state index in [9.17, 15) is 0 Å². The van der Waals surface area contributed by atoms with Crippen molar-refractivity contribution in [3.05, 3.63) is 90.3 Å². The molecule has 30 heavy (non-hydrogen) atoms. The van der Waals surface area contributed by atoms with Crippen molar-refractivity contribution in [2.45, 2.75) is 10.9 Å². The Morgan fingerprint density at radius 3 is 2.47 bits per heavy atom. The van der Waals surface area contributed by atoms with Crippen LogP contribution in [0.15, 0.2) is 89.4 Å². The number of nitrogens with zero attached hydrogens (tertiary/aromatic N) is 6. The molecule has 0 radical (unpaired) electrons. The van der Waals surface area contributed by atoms with Crippen LogP contribution >= 0.6 is 11.8 Å². The Morgan fingerprint density at radius 1 is 0.967 bits per heavy atom. The fourth-order valence-corrected chi connectivity index (χ4v) is 3.68. The summed E-state index contributed by atoms with van der Waals surface area (Å²) in [7, 11) is 4.05. The molecule has 0 saturated carbocycles. The Balaban J connectivity index is 1.63. The van der Waals surface area contributed by atoms with Crippen molar-refractivity contribution in [1.82, 2.24) is 19.9 Å². The minimum Gasteiger partial charge on any atom is -0.378 e. The maximum absolute atomic E-state index is 4.70. The van der Waals surface area contributed by atoms with E-state index in [2.05, 4.69) is 44.3 Å². The van der Waals surface area contributed by atoms with Gasteiger partial charge in [-0.2, -0.15) is 9.78 Å². The number of pyridine rings is 1. The number of hydrogen-bond donors (Lipinski definition) is 0. The molecule has 150 valence electrons. The van der Waals surface area contributed by atoms with Crippen LogP contribution in [0.4, 0.5) is 5.69 Å². The molecule has 0 atom stereocenters. The molecule has 2 heterocycles. The first-order valence-electron chi connectivity index (χ1n) is 9.55. The van der Waals surface area contributed by atoms with Gasteiger partial charge >= 0.3 is 0 Å². The lowest BCUT2D eigenvalue weighted by molar-refractivity contribution is 0.772. The lowest BCUT2D eigenvalue weighted by Gasteiger charge is -2.11. The largest absolute Gasteiger partial charge is 0.378 e. The zero-order valence-electron chi connectivity index (χ0n) is 16.9. The van der Waals surface area contributed by atoms with Gasteiger partial charge in [0.05, 0.1) is 6.21 Å². The summed E-state index contributed by atoms with van der Waals surface area (Å²) in [6, 6.07) is 22.4. The van der Waals surface area contributed by atoms with Crippen molar-refractivity contribution in [2.75, 3.05) is 19.0 Å². The highest BCUT2D eigenvalue weighted by molar-refractivity contribution is 7.98. The molecule has 6 nitrogen and oxygen atoms in total. The second-order valence-corrected chi connectivity index (χ2v) is 7.81. The molecule has 0 aliphatic rings. The number of benzene rings is 2. The zero-order chi connectivity index (χ0) is 20.8. The average molecular weight is 415 g/mol. The quantitative estimate of drug-likeness (QED) is 0.327. The summed E-state index contributed by atoms with van der Waals surface area (Å²) >= 11 is 1.61. The fraction of sp³-hybridized carbons (Fsp3) is 0.130. The minimum absolute atomic E-state index is 0.667. The van der Waals surface area contributed by atoms with Crippen LogP contribution in [0.3, 0.4) is 0 Å². The first kappa shape index (κ1) is 19.8. The van der Waals surface area contributed by atoms with Crippen molar-refractivity contribution < 1.29 is 0 Å². The lowest BCUT2D eigenvalue weighted by Crippen LogP contribution is -2.08. The van der Waals surface area contributed by atoms with Crippen LogP contribution < -0.4 is 4.90 Å². The van der Waals surface area contributed by atoms with Crippen LogP contribution in [-0.4, -0.2) is 40.2 Å². The molecule has 0 aliphatic heterocycles. The van der Waals surface area contributed by atoms with Crippen molar-refractivity contribution in [2.24, 2.45) is 5.10 Å². The van der Waals surface area contributed by atoms with Crippen molar-refractivity contribution >= 4 is 23.7 Å². The molecule has 2 aromatic heterocycles. The smallest absolute Gasteiger partial charge is 0.212 e. The number of rotatable bonds is 7. The Hall–Kier alpha value is -3.45. The van der Waals surface area contributed by atoms with E-state index in [0.717, 1.165) is 27.7 Å². The highest BCUT2D eigenvalue weighted by Gasteiger charge is 2.14. The number of hydrogen-bond acceptors (Lipinski definition) is 6. The number of aromatic nitrogens is 4. The van der Waals surface area contributed by atoms with Crippen LogP contribution in [0.25, 0.3) is 11.4 Å². The van der Waals surface area contributed by atoms with E-state index in [1.165, 1.54) is 5.56 Å². The molecule has 4 aromatic rings. The van der Waals surface area contributed by atoms with Gasteiger partial charge in [-0.1, -0.05) is 54.2 Å². The minimum atomic E-state index is 0.667. The number of anilines is 1. The summed E-state index contributed by atoms with van der Waals surface area (Å²) < 4.78 is 1.78. The third-order valence-corrected chi connectivity index (χ3v) is 5.46. The summed E-state index contributed by atoms with van der Waals surface area (Å²) in [5.41, 5.74) is 4.25. The van der Waals surface area contributed by atoms with Gasteiger partial charge < -0.3 is 4.90 Å². The summed E-state index contributed by atoms with van der Waals surface area (Å²) in [5, 5.41) is 14.2. The third-order valence-electron chi connectivity index (χ3n) is 4.47. The van der Waals surface area contributed by atoms with E-state index in [0.29, 0.717) is 5.82 Å². The van der Waals surface area contributed by atoms with Crippen LogP contribution in [0.1, 0.15) is 11.1 Å². The highest BCUT2D eigenvalue weighted by Crippen LogP contribution is 2.26. The van der Waals surface area contributed by atoms with Gasteiger partial charge in [0.25, 0.3) is 0 Å². The van der Waals surface area contributed by atoms with Gasteiger partial charge in [0.1, 0.15) is 0 Å². The lowest BCUT2D eigenvalue weighted by atomic mass is 10.2. The van der Waals surface area contributed by atoms with Crippen LogP contribution in [0.2, 0.25) is 0 Å². The Morgan fingerprint density at radius 2 is 1.77 bits per heavy atom. The van der Waals surface area contributed by atoms with E-state index in [-0.39, 0.29) is 0 Å². The predicted molar refractivity (Wildman–Crippen MR) is 123 cm³/mol. The van der Waals surface area contributed by atoms with Crippen molar-refractivity contribution in [3.8, 4) is 11.4 Å². The zero-order valence-corrected chi connectivity index (χ0v) is 17.7. The predicted octanol–water partition coefficient (Wildman–Crippen LogP) is 4.58. The Kier molecular flexibility index (Phi) is 6.20. The van der Waals surface area contributed by atoms with Gasteiger partial charge in [-0.05, 0) is 35.4 Å². The highest BCUT2D eigenvalue weighted by atomic mass is 32.2. The molecular formula is C23H22N6S. The molecule has 0 fully saturated rings. The maximum Gasteiger partial charge on any atom is 0.212 e. The molecule has 0 N–H and O–H groups in total. The van der Waals surface area contributed by atoms with Gasteiger partial charge in [0.15, 0.2) is 5.82 Å². The van der Waals surface area contributed by atoms with Gasteiger partial charge in [-0.25, -0.2) is 0 Å². The van der Waals surface area contributed by atoms with Gasteiger partial charge in [0.2, 0.25) is 5.16 Å². The first-order chi connectivity index (χ1) is 14.7. The standard InChI is InChI=1S/C23H22N6S/c1-28(2)21-12-10-18(11-13-21)15-25-29-22(20-9-6-14-24-16-20)26-27-23(29)30-17-19-7-4-3-5-8-19/h3-16H,17H2,1-2H3/b25-15+. The van der Waals surface area contributed by atoms with Gasteiger partial charge in [-0.15, -0.1) is 10.2 Å². The number of thioether (sulfide) groups is 1. The molecule has 0 saturated heterocycles. The summed E-state index contributed by atoms with van der Waals surface area (Å²) in [6.07, 6.45) is 5.34. The third kappa shape index (κ3) is 4.75. The monoisotopic (exact) mass is 414 g/mol. The topological polar surface area (TPSA) is 59.2 Å². The molecule has 0 spiro atoms. The van der Waals surface area contributed by atoms with Gasteiger partial charge in [0, 0.05) is 43.5 Å². The second-order valence-electron chi connectivity index (χ2n) is 6.86. The van der Waals surface area contributed by atoms with Gasteiger partial charge in [-0.3, -0.25) is 4.98 Å². The average Bonchev–Trinajstić information content (AvgIpc) is 3.20. The first-order valence-corrected chi connectivity index (χ1v) is 10.5.